The van der Waals surface area contributed by atoms with Gasteiger partial charge in [0.1, 0.15) is 18.1 Å². The minimum atomic E-state index is -2.49. The van der Waals surface area contributed by atoms with Gasteiger partial charge < -0.3 is 26.6 Å². The maximum absolute atomic E-state index is 6.39. The fourth-order valence-electron chi connectivity index (χ4n) is 6.98. The van der Waals surface area contributed by atoms with Crippen LogP contribution in [0.4, 0.5) is 0 Å². The fourth-order valence-corrected chi connectivity index (χ4v) is 28.9. The van der Waals surface area contributed by atoms with Crippen LogP contribution in [0.1, 0.15) is 212 Å². The van der Waals surface area contributed by atoms with Gasteiger partial charge in [-0.15, -0.1) is 0 Å². The summed E-state index contributed by atoms with van der Waals surface area (Å²) in [7, 11) is -1.79. The third-order valence-corrected chi connectivity index (χ3v) is 28.3. The van der Waals surface area contributed by atoms with Gasteiger partial charge in [0.05, 0.1) is 0 Å². The predicted octanol–water partition coefficient (Wildman–Crippen LogP) is 12.8. The van der Waals surface area contributed by atoms with Crippen LogP contribution in [0.2, 0.25) is 12.1 Å². The molecule has 0 aliphatic carbocycles. The normalized spacial score (nSPS) is 13.4. The van der Waals surface area contributed by atoms with Crippen molar-refractivity contribution in [2.45, 2.75) is 260 Å². The van der Waals surface area contributed by atoms with Gasteiger partial charge in [-0.2, -0.15) is 0 Å². The largest absolute Gasteiger partial charge is 0.462 e. The van der Waals surface area contributed by atoms with E-state index in [9.17, 15) is 0 Å². The van der Waals surface area contributed by atoms with Crippen molar-refractivity contribution in [3.8, 4) is 0 Å². The van der Waals surface area contributed by atoms with Gasteiger partial charge in [-0.1, -0.05) is 149 Å². The lowest BCUT2D eigenvalue weighted by Crippen LogP contribution is -2.56. The molecule has 0 aromatic carbocycles. The van der Waals surface area contributed by atoms with Gasteiger partial charge in [0.15, 0.2) is 0 Å². The second-order valence-electron chi connectivity index (χ2n) is 17.3. The quantitative estimate of drug-likeness (QED) is 0.0342. The molecule has 0 saturated carbocycles. The van der Waals surface area contributed by atoms with E-state index in [1.807, 2.05) is 0 Å². The molecule has 0 fully saturated rings. The molecule has 0 atom stereocenters. The molecule has 0 amide bonds. The lowest BCUT2D eigenvalue weighted by molar-refractivity contribution is 0.0202. The zero-order valence-corrected chi connectivity index (χ0v) is 44.6. The van der Waals surface area contributed by atoms with E-state index in [4.69, 9.17) is 26.6 Å². The molecule has 0 N–H and O–H groups in total. The molecule has 0 spiro atoms. The van der Waals surface area contributed by atoms with E-state index in [0.29, 0.717) is 0 Å². The van der Waals surface area contributed by atoms with Crippen molar-refractivity contribution in [2.24, 2.45) is 0 Å². The Morgan fingerprint density at radius 1 is 0.296 bits per heavy atom. The van der Waals surface area contributed by atoms with E-state index < -0.39 is 34.7 Å². The Balaban J connectivity index is 3.61. The lowest BCUT2D eigenvalue weighted by atomic mass is 10.1. The van der Waals surface area contributed by atoms with Crippen LogP contribution in [-0.2, 0) is 26.6 Å². The first-order valence-electron chi connectivity index (χ1n) is 23.0. The van der Waals surface area contributed by atoms with E-state index in [2.05, 4.69) is 105 Å². The molecule has 0 aromatic rings. The Kier molecular flexibility index (Phi) is 37.1. The number of hydrogen-bond acceptors (Lipinski definition) is 8. The van der Waals surface area contributed by atoms with Crippen LogP contribution in [0.15, 0.2) is 0 Å². The van der Waals surface area contributed by atoms with Crippen molar-refractivity contribution in [1.82, 2.24) is 0 Å². The summed E-state index contributed by atoms with van der Waals surface area (Å²) in [6, 6.07) is 2.56. The van der Waals surface area contributed by atoms with Gasteiger partial charge in [0, 0.05) is 48.1 Å². The first-order valence-corrected chi connectivity index (χ1v) is 35.6. The van der Waals surface area contributed by atoms with Crippen molar-refractivity contribution < 1.29 is 26.6 Å². The average molecular weight is 872 g/mol. The summed E-state index contributed by atoms with van der Waals surface area (Å²) in [6.07, 6.45) is 28.8. The van der Waals surface area contributed by atoms with Crippen LogP contribution in [0.25, 0.3) is 0 Å². The van der Waals surface area contributed by atoms with Crippen molar-refractivity contribution in [3.63, 3.8) is 0 Å². The van der Waals surface area contributed by atoms with E-state index in [1.54, 1.807) is 0 Å². The minimum absolute atomic E-state index is 0.167. The minimum Gasteiger partial charge on any atom is -0.374 e. The van der Waals surface area contributed by atoms with E-state index >= 15 is 0 Å². The molecule has 326 valence electrons. The standard InChI is InChI=1S/C42H94O6S2Si4/c1-37(2)43-53(44-38(3)4,45-39(5)6)51-35-31-27-23-19-15-13-17-21-25-29-33-49-50-34-30-26-22-18-14-16-20-24-28-32-36-52-54(46-40(7)8,47-41(9)10)48-42(11)12/h37-42H,13-36,51-52H2,1-12H3. The molecule has 0 aliphatic rings. The highest BCUT2D eigenvalue weighted by Crippen LogP contribution is 2.25. The Morgan fingerprint density at radius 2 is 0.481 bits per heavy atom. The SMILES string of the molecule is CC(C)O[Si](OC(C)C)(OC(C)C)[SiH2]CCCCCCCCCCCCSSCCCCCCCCCCCC[SiH2][Si](OC(C)C)(OC(C)C)OC(C)C. The highest BCUT2D eigenvalue weighted by Gasteiger charge is 2.44. The molecule has 0 bridgehead atoms. The molecular formula is C42H94O6S2Si4. The van der Waals surface area contributed by atoms with Crippen LogP contribution in [0.5, 0.6) is 0 Å². The third kappa shape index (κ3) is 35.3. The molecule has 0 rings (SSSR count). The lowest BCUT2D eigenvalue weighted by Gasteiger charge is -2.35. The maximum atomic E-state index is 6.39. The van der Waals surface area contributed by atoms with E-state index in [0.717, 1.165) is 0 Å². The van der Waals surface area contributed by atoms with Crippen LogP contribution in [0, 0.1) is 0 Å². The van der Waals surface area contributed by atoms with E-state index in [1.165, 1.54) is 152 Å². The Bertz CT molecular complexity index is 694. The second kappa shape index (κ2) is 36.2. The summed E-state index contributed by atoms with van der Waals surface area (Å²) in [5.41, 5.74) is 0. The van der Waals surface area contributed by atoms with Crippen LogP contribution < -0.4 is 0 Å². The van der Waals surface area contributed by atoms with Crippen LogP contribution in [-0.4, -0.2) is 82.8 Å². The van der Waals surface area contributed by atoms with Gasteiger partial charge in [-0.3, -0.25) is 0 Å². The van der Waals surface area contributed by atoms with E-state index in [-0.39, 0.29) is 36.6 Å². The zero-order valence-electron chi connectivity index (χ0n) is 38.1. The first-order chi connectivity index (χ1) is 25.7. The molecule has 6 nitrogen and oxygen atoms in total. The Hall–Kier alpha value is 1.33. The second-order valence-corrected chi connectivity index (χ2v) is 34.7. The van der Waals surface area contributed by atoms with Gasteiger partial charge in [0.25, 0.3) is 0 Å². The molecule has 0 aromatic heterocycles. The summed E-state index contributed by atoms with van der Waals surface area (Å²) in [6.45, 7) is 25.4. The van der Waals surface area contributed by atoms with Gasteiger partial charge in [-0.05, 0) is 95.9 Å². The maximum Gasteiger partial charge on any atom is 0.462 e. The topological polar surface area (TPSA) is 55.4 Å². The van der Waals surface area contributed by atoms with Crippen LogP contribution >= 0.6 is 21.6 Å². The Morgan fingerprint density at radius 3 is 0.685 bits per heavy atom. The highest BCUT2D eigenvalue weighted by molar-refractivity contribution is 8.76. The van der Waals surface area contributed by atoms with Crippen molar-refractivity contribution in [3.05, 3.63) is 0 Å². The molecule has 0 aliphatic heterocycles. The Labute approximate surface area is 352 Å². The molecule has 0 radical (unpaired) electrons. The smallest absolute Gasteiger partial charge is 0.374 e. The van der Waals surface area contributed by atoms with Crippen LogP contribution in [0.3, 0.4) is 0 Å². The summed E-state index contributed by atoms with van der Waals surface area (Å²) in [5, 5.41) is 0. The number of rotatable bonds is 41. The van der Waals surface area contributed by atoms with Gasteiger partial charge >= 0.3 is 16.6 Å². The average Bonchev–Trinajstić information content (AvgIpc) is 3.04. The third-order valence-electron chi connectivity index (χ3n) is 9.00. The molecule has 54 heavy (non-hydrogen) atoms. The zero-order chi connectivity index (χ0) is 40.5. The highest BCUT2D eigenvalue weighted by atomic mass is 33.1. The molecule has 0 heterocycles. The fraction of sp³-hybridized carbons (Fsp3) is 1.00. The summed E-state index contributed by atoms with van der Waals surface area (Å²) < 4.78 is 38.3. The molecule has 12 heteroatoms. The summed E-state index contributed by atoms with van der Waals surface area (Å²) in [4.78, 5) is 0. The summed E-state index contributed by atoms with van der Waals surface area (Å²) in [5.74, 6) is 2.66. The number of unbranched alkanes of at least 4 members (excludes halogenated alkanes) is 18. The summed E-state index contributed by atoms with van der Waals surface area (Å²) >= 11 is 0. The number of hydrogen-bond donors (Lipinski definition) is 0. The molecule has 0 saturated heterocycles. The molecule has 0 unspecified atom stereocenters. The van der Waals surface area contributed by atoms with Crippen molar-refractivity contribution >= 4 is 56.3 Å². The van der Waals surface area contributed by atoms with Gasteiger partial charge in [0.2, 0.25) is 0 Å². The molecular weight excluding hydrogens is 777 g/mol. The monoisotopic (exact) mass is 871 g/mol. The van der Waals surface area contributed by atoms with Gasteiger partial charge in [-0.25, -0.2) is 0 Å². The first kappa shape index (κ1) is 55.3. The van der Waals surface area contributed by atoms with Crippen molar-refractivity contribution in [1.29, 1.82) is 0 Å². The predicted molar refractivity (Wildman–Crippen MR) is 253 cm³/mol. The van der Waals surface area contributed by atoms with Crippen molar-refractivity contribution in [2.75, 3.05) is 11.5 Å².